The third kappa shape index (κ3) is 5.44. The minimum Gasteiger partial charge on any atom is -0.493 e. The van der Waals surface area contributed by atoms with E-state index in [0.717, 1.165) is 5.75 Å². The van der Waals surface area contributed by atoms with Crippen LogP contribution in [0.5, 0.6) is 17.2 Å². The number of rotatable bonds is 7. The summed E-state index contributed by atoms with van der Waals surface area (Å²) in [6, 6.07) is 9.42. The minimum absolute atomic E-state index is 0.223. The highest BCUT2D eigenvalue weighted by Crippen LogP contribution is 2.38. The van der Waals surface area contributed by atoms with E-state index >= 15 is 0 Å². The number of hydrogen-bond acceptors (Lipinski definition) is 6. The van der Waals surface area contributed by atoms with Crippen LogP contribution in [0.3, 0.4) is 0 Å². The lowest BCUT2D eigenvalue weighted by atomic mass is 10.1. The van der Waals surface area contributed by atoms with Crippen LogP contribution in [0.1, 0.15) is 16.7 Å². The van der Waals surface area contributed by atoms with Gasteiger partial charge in [0.05, 0.1) is 17.0 Å². The molecule has 1 aliphatic rings. The molecular formula is C21H20ClNO4S2. The SMILES string of the molecule is COc1cc(/C=C2\SC(=S)NC2=O)cc(Cl)c1OCCOc1ccc(C)c(C)c1. The second-order valence-electron chi connectivity index (χ2n) is 6.33. The fourth-order valence-corrected chi connectivity index (χ4v) is 3.96. The van der Waals surface area contributed by atoms with E-state index in [1.54, 1.807) is 18.2 Å². The molecule has 1 amide bonds. The summed E-state index contributed by atoms with van der Waals surface area (Å²) in [7, 11) is 1.53. The average molecular weight is 450 g/mol. The summed E-state index contributed by atoms with van der Waals surface area (Å²) in [5.41, 5.74) is 3.11. The topological polar surface area (TPSA) is 56.8 Å². The van der Waals surface area contributed by atoms with E-state index in [4.69, 9.17) is 38.0 Å². The van der Waals surface area contributed by atoms with Crippen LogP contribution in [-0.2, 0) is 4.79 Å². The number of carbonyl (C=O) groups excluding carboxylic acids is 1. The molecule has 0 unspecified atom stereocenters. The Kier molecular flexibility index (Phi) is 7.05. The van der Waals surface area contributed by atoms with Crippen LogP contribution in [0.2, 0.25) is 5.02 Å². The number of halogens is 1. The molecule has 1 heterocycles. The highest BCUT2D eigenvalue weighted by atomic mass is 35.5. The van der Waals surface area contributed by atoms with E-state index in [0.29, 0.717) is 44.5 Å². The van der Waals surface area contributed by atoms with Gasteiger partial charge in [-0.2, -0.15) is 0 Å². The van der Waals surface area contributed by atoms with E-state index < -0.39 is 0 Å². The maximum atomic E-state index is 11.8. The van der Waals surface area contributed by atoms with Crippen molar-refractivity contribution in [2.75, 3.05) is 20.3 Å². The van der Waals surface area contributed by atoms with Crippen molar-refractivity contribution in [2.45, 2.75) is 13.8 Å². The first kappa shape index (κ1) is 21.5. The smallest absolute Gasteiger partial charge is 0.263 e. The van der Waals surface area contributed by atoms with Gasteiger partial charge >= 0.3 is 0 Å². The van der Waals surface area contributed by atoms with Gasteiger partial charge in [0.15, 0.2) is 11.5 Å². The molecule has 5 nitrogen and oxygen atoms in total. The number of aryl methyl sites for hydroxylation is 2. The lowest BCUT2D eigenvalue weighted by molar-refractivity contribution is -0.115. The maximum Gasteiger partial charge on any atom is 0.263 e. The van der Waals surface area contributed by atoms with E-state index in [1.807, 2.05) is 25.1 Å². The first-order valence-corrected chi connectivity index (χ1v) is 10.4. The summed E-state index contributed by atoms with van der Waals surface area (Å²) < 4.78 is 17.4. The van der Waals surface area contributed by atoms with Gasteiger partial charge in [-0.05, 0) is 60.9 Å². The number of hydrogen-bond donors (Lipinski definition) is 1. The third-order valence-electron chi connectivity index (χ3n) is 4.27. The van der Waals surface area contributed by atoms with Gasteiger partial charge in [0.1, 0.15) is 23.3 Å². The Morgan fingerprint density at radius 1 is 1.14 bits per heavy atom. The zero-order chi connectivity index (χ0) is 21.0. The number of benzene rings is 2. The van der Waals surface area contributed by atoms with E-state index in [2.05, 4.69) is 12.2 Å². The fraction of sp³-hybridized carbons (Fsp3) is 0.238. The van der Waals surface area contributed by atoms with Crippen molar-refractivity contribution in [3.63, 3.8) is 0 Å². The molecule has 152 valence electrons. The zero-order valence-corrected chi connectivity index (χ0v) is 18.6. The Hall–Kier alpha value is -2.22. The Morgan fingerprint density at radius 2 is 1.90 bits per heavy atom. The standard InChI is InChI=1S/C21H20ClNO4S2/c1-12-4-5-15(8-13(12)2)26-6-7-27-19-16(22)9-14(10-17(19)25-3)11-18-20(24)23-21(28)29-18/h4-5,8-11H,6-7H2,1-3H3,(H,23,24,28)/b18-11-. The molecule has 0 spiro atoms. The van der Waals surface area contributed by atoms with Crippen LogP contribution in [-0.4, -0.2) is 30.6 Å². The quantitative estimate of drug-likeness (QED) is 0.368. The van der Waals surface area contributed by atoms with Gasteiger partial charge in [0.25, 0.3) is 5.91 Å². The molecule has 1 saturated heterocycles. The van der Waals surface area contributed by atoms with Gasteiger partial charge in [0, 0.05) is 0 Å². The molecule has 0 bridgehead atoms. The molecule has 29 heavy (non-hydrogen) atoms. The van der Waals surface area contributed by atoms with Gasteiger partial charge in [-0.15, -0.1) is 0 Å². The lowest BCUT2D eigenvalue weighted by Crippen LogP contribution is -2.17. The number of amides is 1. The average Bonchev–Trinajstić information content (AvgIpc) is 2.99. The van der Waals surface area contributed by atoms with Crippen LogP contribution >= 0.6 is 35.6 Å². The molecule has 2 aromatic rings. The molecule has 8 heteroatoms. The van der Waals surface area contributed by atoms with Gasteiger partial charge in [-0.3, -0.25) is 4.79 Å². The van der Waals surface area contributed by atoms with Crippen molar-refractivity contribution in [3.8, 4) is 17.2 Å². The van der Waals surface area contributed by atoms with Crippen molar-refractivity contribution in [3.05, 3.63) is 56.9 Å². The normalized spacial score (nSPS) is 14.8. The van der Waals surface area contributed by atoms with Crippen molar-refractivity contribution in [1.29, 1.82) is 0 Å². The predicted molar refractivity (Wildman–Crippen MR) is 121 cm³/mol. The third-order valence-corrected chi connectivity index (χ3v) is 5.71. The monoisotopic (exact) mass is 449 g/mol. The Morgan fingerprint density at radius 3 is 2.55 bits per heavy atom. The Labute approximate surface area is 184 Å². The highest BCUT2D eigenvalue weighted by molar-refractivity contribution is 8.26. The van der Waals surface area contributed by atoms with Crippen molar-refractivity contribution >= 4 is 51.9 Å². The fourth-order valence-electron chi connectivity index (χ4n) is 2.64. The molecular weight excluding hydrogens is 430 g/mol. The van der Waals surface area contributed by atoms with Crippen molar-refractivity contribution in [1.82, 2.24) is 5.32 Å². The van der Waals surface area contributed by atoms with Crippen molar-refractivity contribution in [2.24, 2.45) is 0 Å². The predicted octanol–water partition coefficient (Wildman–Crippen LogP) is 4.91. The second kappa shape index (κ2) is 9.52. The van der Waals surface area contributed by atoms with Crippen LogP contribution in [0, 0.1) is 13.8 Å². The summed E-state index contributed by atoms with van der Waals surface area (Å²) >= 11 is 12.6. The minimum atomic E-state index is -0.223. The molecule has 0 saturated carbocycles. The number of methoxy groups -OCH3 is 1. The van der Waals surface area contributed by atoms with Crippen LogP contribution < -0.4 is 19.5 Å². The van der Waals surface area contributed by atoms with Crippen LogP contribution in [0.4, 0.5) is 0 Å². The molecule has 1 N–H and O–H groups in total. The number of carbonyl (C=O) groups is 1. The number of thioether (sulfide) groups is 1. The summed E-state index contributed by atoms with van der Waals surface area (Å²) in [5.74, 6) is 1.47. The summed E-state index contributed by atoms with van der Waals surface area (Å²) in [5, 5.41) is 2.96. The van der Waals surface area contributed by atoms with Gasteiger partial charge in [0.2, 0.25) is 0 Å². The Bertz CT molecular complexity index is 991. The molecule has 2 aromatic carbocycles. The summed E-state index contributed by atoms with van der Waals surface area (Å²) in [4.78, 5) is 12.3. The van der Waals surface area contributed by atoms with Crippen LogP contribution in [0.15, 0.2) is 35.2 Å². The Balaban J connectivity index is 1.66. The molecule has 0 atom stereocenters. The molecule has 3 rings (SSSR count). The van der Waals surface area contributed by atoms with Crippen molar-refractivity contribution < 1.29 is 19.0 Å². The highest BCUT2D eigenvalue weighted by Gasteiger charge is 2.22. The van der Waals surface area contributed by atoms with E-state index in [9.17, 15) is 4.79 Å². The lowest BCUT2D eigenvalue weighted by Gasteiger charge is -2.14. The number of thiocarbonyl (C=S) groups is 1. The summed E-state index contributed by atoms with van der Waals surface area (Å²) in [6.07, 6.45) is 1.71. The molecule has 1 fully saturated rings. The molecule has 0 radical (unpaired) electrons. The van der Waals surface area contributed by atoms with E-state index in [-0.39, 0.29) is 5.91 Å². The van der Waals surface area contributed by atoms with Gasteiger partial charge in [-0.25, -0.2) is 0 Å². The van der Waals surface area contributed by atoms with E-state index in [1.165, 1.54) is 30.0 Å². The van der Waals surface area contributed by atoms with Gasteiger partial charge in [-0.1, -0.05) is 41.6 Å². The van der Waals surface area contributed by atoms with Crippen LogP contribution in [0.25, 0.3) is 6.08 Å². The largest absolute Gasteiger partial charge is 0.493 e. The maximum absolute atomic E-state index is 11.8. The number of ether oxygens (including phenoxy) is 3. The zero-order valence-electron chi connectivity index (χ0n) is 16.2. The molecule has 0 aliphatic carbocycles. The van der Waals surface area contributed by atoms with Gasteiger partial charge < -0.3 is 19.5 Å². The number of nitrogens with one attached hydrogen (secondary N) is 1. The first-order chi connectivity index (χ1) is 13.9. The summed E-state index contributed by atoms with van der Waals surface area (Å²) in [6.45, 7) is 4.77. The molecule has 1 aliphatic heterocycles. The first-order valence-electron chi connectivity index (χ1n) is 8.82. The molecule has 0 aromatic heterocycles. The second-order valence-corrected chi connectivity index (χ2v) is 8.46.